The molecular weight excluding hydrogens is 466 g/mol. The molecule has 2 aliphatic rings. The molecule has 9 heteroatoms. The van der Waals surface area contributed by atoms with Crippen LogP contribution in [0.2, 0.25) is 0 Å². The van der Waals surface area contributed by atoms with Gasteiger partial charge in [-0.1, -0.05) is 22.0 Å². The molecule has 0 N–H and O–H groups in total. The molecule has 2 amide bonds. The van der Waals surface area contributed by atoms with Crippen LogP contribution < -0.4 is 4.74 Å². The Morgan fingerprint density at radius 2 is 2.03 bits per heavy atom. The van der Waals surface area contributed by atoms with Crippen LogP contribution in [0.25, 0.3) is 0 Å². The second-order valence-corrected chi connectivity index (χ2v) is 8.79. The van der Waals surface area contributed by atoms with Crippen LogP contribution in [0.1, 0.15) is 29.1 Å². The minimum absolute atomic E-state index is 0.0706. The van der Waals surface area contributed by atoms with E-state index in [1.54, 1.807) is 11.8 Å². The number of nitrogens with zero attached hydrogens (tertiary/aromatic N) is 3. The van der Waals surface area contributed by atoms with E-state index in [4.69, 9.17) is 13.9 Å². The largest absolute Gasteiger partial charge is 0.490 e. The van der Waals surface area contributed by atoms with Gasteiger partial charge in [-0.15, -0.1) is 0 Å². The van der Waals surface area contributed by atoms with Crippen molar-refractivity contribution < 1.29 is 23.5 Å². The maximum Gasteiger partial charge on any atom is 0.291 e. The number of aryl methyl sites for hydroxylation is 1. The highest BCUT2D eigenvalue weighted by Crippen LogP contribution is 2.29. The Bertz CT molecular complexity index is 927. The van der Waals surface area contributed by atoms with Gasteiger partial charge in [0.1, 0.15) is 11.9 Å². The number of piperidine rings is 1. The summed E-state index contributed by atoms with van der Waals surface area (Å²) in [5, 5.41) is 0. The molecule has 31 heavy (non-hydrogen) atoms. The maximum atomic E-state index is 13.0. The molecule has 0 unspecified atom stereocenters. The summed E-state index contributed by atoms with van der Waals surface area (Å²) in [6, 6.07) is 7.67. The number of ether oxygens (including phenoxy) is 2. The number of carbonyl (C=O) groups excluding carboxylic acids is 2. The summed E-state index contributed by atoms with van der Waals surface area (Å²) in [4.78, 5) is 33.5. The molecule has 2 aliphatic heterocycles. The van der Waals surface area contributed by atoms with Crippen LogP contribution in [0.5, 0.6) is 5.75 Å². The molecule has 1 aromatic heterocycles. The third-order valence-corrected chi connectivity index (χ3v) is 6.27. The van der Waals surface area contributed by atoms with Crippen molar-refractivity contribution in [3.05, 3.63) is 46.6 Å². The van der Waals surface area contributed by atoms with Gasteiger partial charge < -0.3 is 23.7 Å². The van der Waals surface area contributed by atoms with Gasteiger partial charge >= 0.3 is 0 Å². The molecule has 2 aromatic rings. The highest BCUT2D eigenvalue weighted by Gasteiger charge is 2.37. The van der Waals surface area contributed by atoms with E-state index in [9.17, 15) is 9.59 Å². The topological polar surface area (TPSA) is 85.1 Å². The van der Waals surface area contributed by atoms with E-state index in [0.717, 1.165) is 10.2 Å². The molecule has 0 bridgehead atoms. The fourth-order valence-corrected chi connectivity index (χ4v) is 4.46. The molecule has 166 valence electrons. The summed E-state index contributed by atoms with van der Waals surface area (Å²) in [7, 11) is 0. The quantitative estimate of drug-likeness (QED) is 0.639. The van der Waals surface area contributed by atoms with Crippen molar-refractivity contribution in [2.45, 2.75) is 25.9 Å². The van der Waals surface area contributed by atoms with Gasteiger partial charge in [0.05, 0.1) is 18.9 Å². The van der Waals surface area contributed by atoms with E-state index in [-0.39, 0.29) is 29.6 Å². The van der Waals surface area contributed by atoms with Crippen molar-refractivity contribution in [1.29, 1.82) is 0 Å². The second-order valence-electron chi connectivity index (χ2n) is 7.88. The maximum absolute atomic E-state index is 13.0. The number of aromatic nitrogens is 1. The monoisotopic (exact) mass is 491 g/mol. The molecule has 0 radical (unpaired) electrons. The zero-order chi connectivity index (χ0) is 21.8. The summed E-state index contributed by atoms with van der Waals surface area (Å²) in [5.41, 5.74) is 0.568. The standard InChI is InChI=1S/C22H26BrN3O5/c1-15-21(30-14-24-15)22(28)26-6-5-19(31-18-4-2-3-17(23)12-18)16(13-26)11-20(27)25-7-9-29-10-8-25/h2-4,12,14,16,19H,5-11,13H2,1H3/t16-,19-/m0/s1. The third kappa shape index (κ3) is 5.27. The van der Waals surface area contributed by atoms with E-state index in [1.807, 2.05) is 29.2 Å². The SMILES string of the molecule is Cc1ncoc1C(=O)N1CC[C@H](Oc2cccc(Br)c2)[C@@H](CC(=O)N2CCOCC2)C1. The minimum Gasteiger partial charge on any atom is -0.490 e. The average Bonchev–Trinajstić information content (AvgIpc) is 3.21. The van der Waals surface area contributed by atoms with Crippen LogP contribution in [-0.4, -0.2) is 72.1 Å². The first-order valence-corrected chi connectivity index (χ1v) is 11.3. The average molecular weight is 492 g/mol. The fourth-order valence-electron chi connectivity index (χ4n) is 4.08. The lowest BCUT2D eigenvalue weighted by atomic mass is 9.90. The van der Waals surface area contributed by atoms with Gasteiger partial charge in [-0.25, -0.2) is 4.98 Å². The minimum atomic E-state index is -0.195. The Balaban J connectivity index is 1.49. The number of rotatable bonds is 5. The summed E-state index contributed by atoms with van der Waals surface area (Å²) in [6.07, 6.45) is 2.06. The van der Waals surface area contributed by atoms with Gasteiger partial charge in [-0.2, -0.15) is 0 Å². The highest BCUT2D eigenvalue weighted by molar-refractivity contribution is 9.10. The van der Waals surface area contributed by atoms with Gasteiger partial charge in [-0.3, -0.25) is 9.59 Å². The Morgan fingerprint density at radius 1 is 1.23 bits per heavy atom. The number of amides is 2. The van der Waals surface area contributed by atoms with Crippen LogP contribution in [0, 0.1) is 12.8 Å². The zero-order valence-electron chi connectivity index (χ0n) is 17.5. The molecule has 2 saturated heterocycles. The number of morpholine rings is 1. The number of hydrogen-bond acceptors (Lipinski definition) is 6. The third-order valence-electron chi connectivity index (χ3n) is 5.78. The Kier molecular flexibility index (Phi) is 6.92. The second kappa shape index (κ2) is 9.82. The van der Waals surface area contributed by atoms with E-state index in [2.05, 4.69) is 20.9 Å². The van der Waals surface area contributed by atoms with Gasteiger partial charge in [0.2, 0.25) is 11.7 Å². The molecule has 2 atom stereocenters. The Hall–Kier alpha value is -2.39. The van der Waals surface area contributed by atoms with Crippen molar-refractivity contribution in [2.24, 2.45) is 5.92 Å². The summed E-state index contributed by atoms with van der Waals surface area (Å²) >= 11 is 3.47. The first kappa shape index (κ1) is 21.8. The van der Waals surface area contributed by atoms with Crippen molar-refractivity contribution in [1.82, 2.24) is 14.8 Å². The summed E-state index contributed by atoms with van der Waals surface area (Å²) in [5.74, 6) is 0.745. The number of carbonyl (C=O) groups is 2. The number of hydrogen-bond donors (Lipinski definition) is 0. The summed E-state index contributed by atoms with van der Waals surface area (Å²) in [6.45, 7) is 5.02. The Morgan fingerprint density at radius 3 is 2.74 bits per heavy atom. The first-order valence-electron chi connectivity index (χ1n) is 10.5. The molecule has 2 fully saturated rings. The number of benzene rings is 1. The molecular formula is C22H26BrN3O5. The molecule has 1 aromatic carbocycles. The predicted octanol–water partition coefficient (Wildman–Crippen LogP) is 2.90. The lowest BCUT2D eigenvalue weighted by molar-refractivity contribution is -0.137. The van der Waals surface area contributed by atoms with Crippen LogP contribution in [0.4, 0.5) is 0 Å². The molecule has 4 rings (SSSR count). The van der Waals surface area contributed by atoms with Crippen LogP contribution >= 0.6 is 15.9 Å². The molecule has 0 aliphatic carbocycles. The molecule has 0 saturated carbocycles. The van der Waals surface area contributed by atoms with Crippen molar-refractivity contribution in [3.8, 4) is 5.75 Å². The predicted molar refractivity (Wildman–Crippen MR) is 116 cm³/mol. The van der Waals surface area contributed by atoms with E-state index < -0.39 is 0 Å². The van der Waals surface area contributed by atoms with Gasteiger partial charge in [0.15, 0.2) is 6.39 Å². The van der Waals surface area contributed by atoms with E-state index in [1.165, 1.54) is 6.39 Å². The van der Waals surface area contributed by atoms with Gasteiger partial charge in [0.25, 0.3) is 5.91 Å². The zero-order valence-corrected chi connectivity index (χ0v) is 19.0. The smallest absolute Gasteiger partial charge is 0.291 e. The van der Waals surface area contributed by atoms with Crippen molar-refractivity contribution in [3.63, 3.8) is 0 Å². The van der Waals surface area contributed by atoms with Crippen LogP contribution in [0.15, 0.2) is 39.5 Å². The van der Waals surface area contributed by atoms with E-state index in [0.29, 0.717) is 57.9 Å². The highest BCUT2D eigenvalue weighted by atomic mass is 79.9. The molecule has 3 heterocycles. The molecule has 8 nitrogen and oxygen atoms in total. The van der Waals surface area contributed by atoms with Crippen LogP contribution in [0.3, 0.4) is 0 Å². The lowest BCUT2D eigenvalue weighted by Gasteiger charge is -2.39. The number of halogens is 1. The van der Waals surface area contributed by atoms with Gasteiger partial charge in [-0.05, 0) is 25.1 Å². The molecule has 0 spiro atoms. The number of oxazole rings is 1. The summed E-state index contributed by atoms with van der Waals surface area (Å²) < 4.78 is 17.9. The fraction of sp³-hybridized carbons (Fsp3) is 0.500. The van der Waals surface area contributed by atoms with Crippen molar-refractivity contribution in [2.75, 3.05) is 39.4 Å². The number of likely N-dealkylation sites (tertiary alicyclic amines) is 1. The lowest BCUT2D eigenvalue weighted by Crippen LogP contribution is -2.50. The van der Waals surface area contributed by atoms with Gasteiger partial charge in [0, 0.05) is 49.4 Å². The Labute approximate surface area is 189 Å². The van der Waals surface area contributed by atoms with Crippen molar-refractivity contribution >= 4 is 27.7 Å². The first-order chi connectivity index (χ1) is 15.0. The van der Waals surface area contributed by atoms with Crippen LogP contribution in [-0.2, 0) is 9.53 Å². The normalized spacial score (nSPS) is 21.7. The van der Waals surface area contributed by atoms with E-state index >= 15 is 0 Å².